The molecule has 0 amide bonds. The van der Waals surface area contributed by atoms with E-state index in [-0.39, 0.29) is 0 Å². The lowest BCUT2D eigenvalue weighted by Gasteiger charge is -2.08. The highest BCUT2D eigenvalue weighted by atomic mass is 32.2. The molecule has 0 spiro atoms. The van der Waals surface area contributed by atoms with Crippen LogP contribution in [0.15, 0.2) is 153 Å². The highest BCUT2D eigenvalue weighted by Crippen LogP contribution is 2.28. The zero-order chi connectivity index (χ0) is 48.9. The van der Waals surface area contributed by atoms with E-state index in [1.807, 2.05) is 84.2 Å². The summed E-state index contributed by atoms with van der Waals surface area (Å²) in [6, 6.07) is 42.0. The van der Waals surface area contributed by atoms with Gasteiger partial charge in [0.2, 0.25) is 0 Å². The van der Waals surface area contributed by atoms with Gasteiger partial charge in [-0.1, -0.05) is 166 Å². The molecular weight excluding hydrogens is 901 g/mol. The average molecular weight is 975 g/mol. The van der Waals surface area contributed by atoms with Gasteiger partial charge in [0.25, 0.3) is 0 Å². The van der Waals surface area contributed by atoms with Crippen molar-refractivity contribution in [2.24, 2.45) is 9.98 Å². The van der Waals surface area contributed by atoms with E-state index >= 15 is 0 Å². The lowest BCUT2D eigenvalue weighted by Crippen LogP contribution is -2.09. The first kappa shape index (κ1) is 53.9. The van der Waals surface area contributed by atoms with Crippen molar-refractivity contribution in [3.63, 3.8) is 0 Å². The summed E-state index contributed by atoms with van der Waals surface area (Å²) >= 11 is 3.83. The third kappa shape index (κ3) is 20.1. The van der Waals surface area contributed by atoms with E-state index < -0.39 is 11.9 Å². The van der Waals surface area contributed by atoms with Crippen LogP contribution in [0.5, 0.6) is 11.5 Å². The van der Waals surface area contributed by atoms with E-state index in [9.17, 15) is 9.59 Å². The third-order valence-corrected chi connectivity index (χ3v) is 14.6. The summed E-state index contributed by atoms with van der Waals surface area (Å²) in [4.78, 5) is 38.1. The number of hydrogen-bond donors (Lipinski definition) is 0. The molecule has 0 aliphatic carbocycles. The Kier molecular flexibility index (Phi) is 24.4. The maximum Gasteiger partial charge on any atom is 0.343 e. The fourth-order valence-corrected chi connectivity index (χ4v) is 10.0. The minimum atomic E-state index is -0.466. The van der Waals surface area contributed by atoms with Gasteiger partial charge in [0.1, 0.15) is 11.5 Å². The molecule has 0 radical (unpaired) electrons. The van der Waals surface area contributed by atoms with Gasteiger partial charge in [-0.15, -0.1) is 23.5 Å². The van der Waals surface area contributed by atoms with Gasteiger partial charge >= 0.3 is 11.9 Å². The predicted molar refractivity (Wildman–Crippen MR) is 299 cm³/mol. The molecule has 0 aliphatic heterocycles. The minimum Gasteiger partial charge on any atom is -0.423 e. The van der Waals surface area contributed by atoms with Crippen molar-refractivity contribution in [2.75, 3.05) is 11.5 Å². The van der Waals surface area contributed by atoms with Crippen molar-refractivity contribution >= 4 is 70.0 Å². The van der Waals surface area contributed by atoms with E-state index in [0.717, 1.165) is 44.8 Å². The van der Waals surface area contributed by atoms with Gasteiger partial charge in [0.15, 0.2) is 0 Å². The smallest absolute Gasteiger partial charge is 0.343 e. The highest BCUT2D eigenvalue weighted by Gasteiger charge is 2.12. The second kappa shape index (κ2) is 31.7. The predicted octanol–water partition coefficient (Wildman–Crippen LogP) is 18.8. The van der Waals surface area contributed by atoms with Crippen molar-refractivity contribution < 1.29 is 19.1 Å². The van der Waals surface area contributed by atoms with Gasteiger partial charge in [-0.3, -0.25) is 9.98 Å². The van der Waals surface area contributed by atoms with Gasteiger partial charge in [0, 0.05) is 22.2 Å². The van der Waals surface area contributed by atoms with Gasteiger partial charge in [-0.2, -0.15) is 0 Å². The van der Waals surface area contributed by atoms with E-state index in [1.54, 1.807) is 61.0 Å². The number of carbonyl (C=O) groups excluding carboxylic acids is 2. The molecule has 0 unspecified atom stereocenters. The fourth-order valence-electron chi connectivity index (χ4n) is 8.19. The normalized spacial score (nSPS) is 11.5. The number of aliphatic imine (C=N–C) groups is 2. The number of rotatable bonds is 32. The van der Waals surface area contributed by atoms with Crippen molar-refractivity contribution in [2.45, 2.75) is 152 Å². The van der Waals surface area contributed by atoms with Crippen LogP contribution in [0.4, 0.5) is 11.4 Å². The number of thioether (sulfide) groups is 2. The number of carbonyl (C=O) groups is 2. The number of benzene rings is 6. The van der Waals surface area contributed by atoms with Gasteiger partial charge in [0.05, 0.1) is 22.5 Å². The van der Waals surface area contributed by atoms with Crippen LogP contribution in [0, 0.1) is 0 Å². The summed E-state index contributed by atoms with van der Waals surface area (Å²) in [5.74, 6) is 2.15. The summed E-state index contributed by atoms with van der Waals surface area (Å²) in [6.45, 7) is 4.55. The van der Waals surface area contributed by atoms with Gasteiger partial charge < -0.3 is 9.47 Å². The number of unbranched alkanes of at least 4 members (excludes halogenated alkanes) is 18. The van der Waals surface area contributed by atoms with Crippen LogP contribution in [0.2, 0.25) is 0 Å². The SMILES string of the molecule is CCCCCCCCCCCCSc1ccc(N=Cc2ccc(C(=O)Oc3ccc4ccc(OC(=O)c5ccc(C=Nc6ccc(SCCCCCCCCCCCC)cc6)cc5)cc4c3)cc2)cc1. The quantitative estimate of drug-likeness (QED) is 0.0138. The average Bonchev–Trinajstić information content (AvgIpc) is 3.39. The number of ether oxygens (including phenoxy) is 2. The van der Waals surface area contributed by atoms with Crippen LogP contribution in [0.1, 0.15) is 174 Å². The standard InChI is InChI=1S/C62H74N2O4S2/c1-3-5-7-9-11-13-15-17-19-21-43-69-59-39-33-55(34-40-59)63-47-49-23-27-52(28-24-49)61(65)67-57-37-31-51-32-38-58(46-54(51)45-57)68-62(66)53-29-25-50(26-30-53)48-64-56-35-41-60(42-36-56)70-44-22-20-18-16-14-12-10-8-6-4-2/h23-42,45-48H,3-22,43-44H2,1-2H3. The first-order valence-corrected chi connectivity index (χ1v) is 28.1. The first-order chi connectivity index (χ1) is 34.4. The Balaban J connectivity index is 0.888. The minimum absolute atomic E-state index is 0.392. The second-order valence-electron chi connectivity index (χ2n) is 18.3. The van der Waals surface area contributed by atoms with Crippen molar-refractivity contribution in [3.8, 4) is 11.5 Å². The molecule has 6 nitrogen and oxygen atoms in total. The molecule has 0 heterocycles. The number of fused-ring (bicyclic) bond motifs is 1. The van der Waals surface area contributed by atoms with E-state index in [0.29, 0.717) is 22.6 Å². The molecule has 0 fully saturated rings. The van der Waals surface area contributed by atoms with Crippen LogP contribution >= 0.6 is 23.5 Å². The van der Waals surface area contributed by atoms with Gasteiger partial charge in [-0.25, -0.2) is 9.59 Å². The molecule has 0 saturated carbocycles. The molecule has 0 aliphatic rings. The Morgan fingerprint density at radius 2 is 0.743 bits per heavy atom. The molecule has 368 valence electrons. The molecule has 6 aromatic rings. The summed E-state index contributed by atoms with van der Waals surface area (Å²) in [5.41, 5.74) is 4.40. The lowest BCUT2D eigenvalue weighted by molar-refractivity contribution is 0.0726. The van der Waals surface area contributed by atoms with Crippen molar-refractivity contribution in [3.05, 3.63) is 156 Å². The Hall–Kier alpha value is -5.44. The Bertz CT molecular complexity index is 2330. The molecule has 0 saturated heterocycles. The molecule has 0 aromatic heterocycles. The monoisotopic (exact) mass is 975 g/mol. The van der Waals surface area contributed by atoms with Crippen LogP contribution in [-0.4, -0.2) is 35.9 Å². The largest absolute Gasteiger partial charge is 0.423 e. The first-order valence-electron chi connectivity index (χ1n) is 26.2. The summed E-state index contributed by atoms with van der Waals surface area (Å²) in [5, 5.41) is 1.69. The molecular formula is C62H74N2O4S2. The van der Waals surface area contributed by atoms with Crippen LogP contribution in [0.25, 0.3) is 10.8 Å². The van der Waals surface area contributed by atoms with Crippen LogP contribution < -0.4 is 9.47 Å². The van der Waals surface area contributed by atoms with Crippen molar-refractivity contribution in [1.82, 2.24) is 0 Å². The number of esters is 2. The molecule has 0 N–H and O–H groups in total. The molecule has 0 atom stereocenters. The van der Waals surface area contributed by atoms with Crippen molar-refractivity contribution in [1.29, 1.82) is 0 Å². The second-order valence-corrected chi connectivity index (χ2v) is 20.6. The molecule has 70 heavy (non-hydrogen) atoms. The maximum atomic E-state index is 13.1. The van der Waals surface area contributed by atoms with E-state index in [4.69, 9.17) is 9.47 Å². The zero-order valence-corrected chi connectivity index (χ0v) is 43.4. The summed E-state index contributed by atoms with van der Waals surface area (Å²) in [6.07, 6.45) is 30.8. The van der Waals surface area contributed by atoms with Crippen LogP contribution in [-0.2, 0) is 0 Å². The third-order valence-electron chi connectivity index (χ3n) is 12.4. The maximum absolute atomic E-state index is 13.1. The zero-order valence-electron chi connectivity index (χ0n) is 41.8. The molecule has 6 aromatic carbocycles. The Morgan fingerprint density at radius 1 is 0.400 bits per heavy atom. The topological polar surface area (TPSA) is 77.3 Å². The van der Waals surface area contributed by atoms with Gasteiger partial charge in [-0.05, 0) is 143 Å². The lowest BCUT2D eigenvalue weighted by atomic mass is 10.1. The number of hydrogen-bond acceptors (Lipinski definition) is 8. The molecule has 8 heteroatoms. The van der Waals surface area contributed by atoms with E-state index in [1.165, 1.54) is 138 Å². The highest BCUT2D eigenvalue weighted by molar-refractivity contribution is 7.99. The summed E-state index contributed by atoms with van der Waals surface area (Å²) in [7, 11) is 0. The molecule has 6 rings (SSSR count). The Morgan fingerprint density at radius 3 is 1.10 bits per heavy atom. The Labute approximate surface area is 427 Å². The van der Waals surface area contributed by atoms with Crippen LogP contribution in [0.3, 0.4) is 0 Å². The number of nitrogens with zero attached hydrogens (tertiary/aromatic N) is 2. The summed E-state index contributed by atoms with van der Waals surface area (Å²) < 4.78 is 11.5. The van der Waals surface area contributed by atoms with E-state index in [2.05, 4.69) is 48.1 Å². The molecule has 0 bridgehead atoms. The fraction of sp³-hybridized carbons (Fsp3) is 0.387.